The summed E-state index contributed by atoms with van der Waals surface area (Å²) in [6.07, 6.45) is 9.67. The van der Waals surface area contributed by atoms with E-state index in [1.165, 1.54) is 38.5 Å². The fourth-order valence-corrected chi connectivity index (χ4v) is 3.53. The minimum Gasteiger partial charge on any atom is -0.389 e. The molecule has 0 heterocycles. The molecule has 2 atom stereocenters. The Kier molecular flexibility index (Phi) is 4.48. The van der Waals surface area contributed by atoms with Crippen LogP contribution >= 0.6 is 0 Å². The summed E-state index contributed by atoms with van der Waals surface area (Å²) in [5, 5.41) is 14.2. The van der Waals surface area contributed by atoms with E-state index in [1.54, 1.807) is 0 Å². The Morgan fingerprint density at radius 2 is 1.88 bits per heavy atom. The van der Waals surface area contributed by atoms with E-state index >= 15 is 0 Å². The first-order valence-electron chi connectivity index (χ1n) is 7.57. The van der Waals surface area contributed by atoms with Gasteiger partial charge in [0.05, 0.1) is 5.60 Å². The second kappa shape index (κ2) is 5.71. The van der Waals surface area contributed by atoms with E-state index in [0.717, 1.165) is 31.2 Å². The zero-order chi connectivity index (χ0) is 12.3. The minimum atomic E-state index is -0.405. The Hall–Kier alpha value is -0.0800. The molecular weight excluding hydrogens is 210 g/mol. The molecule has 0 spiro atoms. The van der Waals surface area contributed by atoms with Crippen LogP contribution < -0.4 is 5.32 Å². The zero-order valence-electron chi connectivity index (χ0n) is 11.5. The van der Waals surface area contributed by atoms with Gasteiger partial charge in [-0.2, -0.15) is 0 Å². The van der Waals surface area contributed by atoms with Crippen molar-refractivity contribution in [2.45, 2.75) is 76.9 Å². The molecule has 0 saturated heterocycles. The molecule has 2 N–H and O–H groups in total. The molecule has 100 valence electrons. The van der Waals surface area contributed by atoms with Crippen molar-refractivity contribution in [3.05, 3.63) is 0 Å². The lowest BCUT2D eigenvalue weighted by Crippen LogP contribution is -2.46. The molecule has 0 radical (unpaired) electrons. The molecule has 0 aliphatic heterocycles. The number of hydrogen-bond donors (Lipinski definition) is 2. The summed E-state index contributed by atoms with van der Waals surface area (Å²) in [6, 6.07) is 0.665. The van der Waals surface area contributed by atoms with E-state index in [2.05, 4.69) is 19.2 Å². The van der Waals surface area contributed by atoms with Crippen molar-refractivity contribution >= 4 is 0 Å². The second-order valence-corrected chi connectivity index (χ2v) is 6.57. The molecule has 2 rings (SSSR count). The summed E-state index contributed by atoms with van der Waals surface area (Å²) < 4.78 is 0. The topological polar surface area (TPSA) is 32.3 Å². The molecule has 0 bridgehead atoms. The maximum absolute atomic E-state index is 10.5. The van der Waals surface area contributed by atoms with Crippen LogP contribution in [0.25, 0.3) is 0 Å². The van der Waals surface area contributed by atoms with E-state index in [9.17, 15) is 5.11 Å². The van der Waals surface area contributed by atoms with Gasteiger partial charge in [0.2, 0.25) is 0 Å². The summed E-state index contributed by atoms with van der Waals surface area (Å²) in [7, 11) is 0. The van der Waals surface area contributed by atoms with Gasteiger partial charge in [-0.05, 0) is 56.8 Å². The lowest BCUT2D eigenvalue weighted by atomic mass is 9.78. The fourth-order valence-electron chi connectivity index (χ4n) is 3.53. The van der Waals surface area contributed by atoms with E-state index in [0.29, 0.717) is 6.04 Å². The fraction of sp³-hybridized carbons (Fsp3) is 1.00. The maximum Gasteiger partial charge on any atom is 0.0771 e. The van der Waals surface area contributed by atoms with E-state index in [4.69, 9.17) is 0 Å². The highest BCUT2D eigenvalue weighted by molar-refractivity contribution is 4.89. The van der Waals surface area contributed by atoms with Gasteiger partial charge in [0, 0.05) is 12.6 Å². The molecule has 2 nitrogen and oxygen atoms in total. The molecule has 2 fully saturated rings. The van der Waals surface area contributed by atoms with Gasteiger partial charge in [-0.25, -0.2) is 0 Å². The zero-order valence-corrected chi connectivity index (χ0v) is 11.5. The lowest BCUT2D eigenvalue weighted by molar-refractivity contribution is -0.0105. The van der Waals surface area contributed by atoms with Gasteiger partial charge in [0.15, 0.2) is 0 Å². The predicted molar refractivity (Wildman–Crippen MR) is 72.0 cm³/mol. The molecule has 2 saturated carbocycles. The Morgan fingerprint density at radius 1 is 1.18 bits per heavy atom. The number of nitrogens with one attached hydrogen (secondary N) is 1. The molecule has 0 aromatic heterocycles. The van der Waals surface area contributed by atoms with Crippen molar-refractivity contribution in [3.8, 4) is 0 Å². The van der Waals surface area contributed by atoms with E-state index in [-0.39, 0.29) is 0 Å². The predicted octanol–water partition coefficient (Wildman–Crippen LogP) is 3.10. The standard InChI is InChI=1S/C15H29NO/c1-3-13-6-8-15(17,9-7-13)11-16-14-5-4-12(2)10-14/h12-14,16-17H,3-11H2,1-2H3. The van der Waals surface area contributed by atoms with Crippen LogP contribution in [0, 0.1) is 11.8 Å². The molecule has 2 aliphatic rings. The summed E-state index contributed by atoms with van der Waals surface area (Å²) >= 11 is 0. The van der Waals surface area contributed by atoms with Crippen molar-refractivity contribution in [2.24, 2.45) is 11.8 Å². The highest BCUT2D eigenvalue weighted by Gasteiger charge is 2.33. The van der Waals surface area contributed by atoms with Crippen molar-refractivity contribution in [2.75, 3.05) is 6.54 Å². The van der Waals surface area contributed by atoms with Gasteiger partial charge >= 0.3 is 0 Å². The summed E-state index contributed by atoms with van der Waals surface area (Å²) in [5.74, 6) is 1.74. The van der Waals surface area contributed by atoms with Crippen LogP contribution in [0.3, 0.4) is 0 Å². The van der Waals surface area contributed by atoms with Gasteiger partial charge in [-0.1, -0.05) is 20.3 Å². The van der Waals surface area contributed by atoms with Gasteiger partial charge in [0.1, 0.15) is 0 Å². The Morgan fingerprint density at radius 3 is 2.41 bits per heavy atom. The van der Waals surface area contributed by atoms with Crippen LogP contribution in [0.4, 0.5) is 0 Å². The highest BCUT2D eigenvalue weighted by atomic mass is 16.3. The molecule has 17 heavy (non-hydrogen) atoms. The SMILES string of the molecule is CCC1CCC(O)(CNC2CCC(C)C2)CC1. The third-order valence-electron chi connectivity index (χ3n) is 5.03. The van der Waals surface area contributed by atoms with E-state index < -0.39 is 5.60 Å². The molecule has 2 heteroatoms. The maximum atomic E-state index is 10.5. The van der Waals surface area contributed by atoms with Crippen molar-refractivity contribution in [3.63, 3.8) is 0 Å². The summed E-state index contributed by atoms with van der Waals surface area (Å²) in [5.41, 5.74) is -0.405. The monoisotopic (exact) mass is 239 g/mol. The van der Waals surface area contributed by atoms with Gasteiger partial charge in [-0.15, -0.1) is 0 Å². The minimum absolute atomic E-state index is 0.405. The lowest BCUT2D eigenvalue weighted by Gasteiger charge is -2.36. The Bertz CT molecular complexity index is 233. The molecule has 0 aromatic carbocycles. The summed E-state index contributed by atoms with van der Waals surface area (Å²) in [6.45, 7) is 5.43. The van der Waals surface area contributed by atoms with Crippen LogP contribution in [0.15, 0.2) is 0 Å². The van der Waals surface area contributed by atoms with Gasteiger partial charge < -0.3 is 10.4 Å². The number of aliphatic hydroxyl groups is 1. The van der Waals surface area contributed by atoms with Crippen molar-refractivity contribution < 1.29 is 5.11 Å². The van der Waals surface area contributed by atoms with Crippen molar-refractivity contribution in [1.29, 1.82) is 0 Å². The Balaban J connectivity index is 1.71. The molecule has 2 unspecified atom stereocenters. The first-order chi connectivity index (χ1) is 8.11. The summed E-state index contributed by atoms with van der Waals surface area (Å²) in [4.78, 5) is 0. The van der Waals surface area contributed by atoms with Gasteiger partial charge in [0.25, 0.3) is 0 Å². The van der Waals surface area contributed by atoms with Crippen LogP contribution in [-0.4, -0.2) is 23.3 Å². The highest BCUT2D eigenvalue weighted by Crippen LogP contribution is 2.34. The smallest absolute Gasteiger partial charge is 0.0771 e. The normalized spacial score (nSPS) is 42.9. The Labute approximate surface area is 106 Å². The number of rotatable bonds is 4. The average Bonchev–Trinajstić information content (AvgIpc) is 2.74. The first kappa shape index (κ1) is 13.4. The molecule has 0 aromatic rings. The largest absolute Gasteiger partial charge is 0.389 e. The van der Waals surface area contributed by atoms with Crippen LogP contribution in [0.1, 0.15) is 65.2 Å². The van der Waals surface area contributed by atoms with Gasteiger partial charge in [-0.3, -0.25) is 0 Å². The number of hydrogen-bond acceptors (Lipinski definition) is 2. The van der Waals surface area contributed by atoms with E-state index in [1.807, 2.05) is 0 Å². The second-order valence-electron chi connectivity index (χ2n) is 6.57. The average molecular weight is 239 g/mol. The van der Waals surface area contributed by atoms with Crippen LogP contribution in [0.2, 0.25) is 0 Å². The molecule has 0 amide bonds. The van der Waals surface area contributed by atoms with Crippen molar-refractivity contribution in [1.82, 2.24) is 5.32 Å². The first-order valence-corrected chi connectivity index (χ1v) is 7.57. The molecule has 2 aliphatic carbocycles. The third kappa shape index (κ3) is 3.69. The quantitative estimate of drug-likeness (QED) is 0.790. The van der Waals surface area contributed by atoms with Crippen LogP contribution in [-0.2, 0) is 0 Å². The molecular formula is C15H29NO. The third-order valence-corrected chi connectivity index (χ3v) is 5.03. The van der Waals surface area contributed by atoms with Crippen LogP contribution in [0.5, 0.6) is 0 Å².